The molecule has 4 heteroatoms. The lowest BCUT2D eigenvalue weighted by Crippen LogP contribution is -2.35. The van der Waals surface area contributed by atoms with Crippen molar-refractivity contribution in [2.75, 3.05) is 13.6 Å². The number of carbonyl (C=O) groups is 2. The van der Waals surface area contributed by atoms with E-state index in [1.807, 2.05) is 0 Å². The molecular weight excluding hydrogens is 170 g/mol. The molecule has 0 bridgehead atoms. The van der Waals surface area contributed by atoms with E-state index in [9.17, 15) is 9.59 Å². The highest BCUT2D eigenvalue weighted by atomic mass is 16.6. The van der Waals surface area contributed by atoms with Crippen LogP contribution in [-0.4, -0.2) is 36.0 Å². The molecule has 4 nitrogen and oxygen atoms in total. The lowest BCUT2D eigenvalue weighted by molar-refractivity contribution is -0.157. The number of hydrogen-bond donors (Lipinski definition) is 0. The summed E-state index contributed by atoms with van der Waals surface area (Å²) in [5.41, 5.74) is -0.512. The number of hydrogen-bond acceptors (Lipinski definition) is 3. The topological polar surface area (TPSA) is 46.6 Å². The van der Waals surface area contributed by atoms with Crippen molar-refractivity contribution >= 4 is 11.9 Å². The maximum absolute atomic E-state index is 11.1. The second-order valence-corrected chi connectivity index (χ2v) is 3.84. The first-order chi connectivity index (χ1) is 5.72. The molecule has 0 aliphatic carbocycles. The van der Waals surface area contributed by atoms with E-state index in [0.29, 0.717) is 0 Å². The molecule has 0 fully saturated rings. The van der Waals surface area contributed by atoms with Gasteiger partial charge in [-0.1, -0.05) is 0 Å². The van der Waals surface area contributed by atoms with Gasteiger partial charge in [-0.2, -0.15) is 0 Å². The first kappa shape index (κ1) is 11.9. The summed E-state index contributed by atoms with van der Waals surface area (Å²) >= 11 is 0. The van der Waals surface area contributed by atoms with Crippen molar-refractivity contribution in [2.24, 2.45) is 0 Å². The number of likely N-dealkylation sites (N-methyl/N-ethyl adjacent to an activating group) is 1. The summed E-state index contributed by atoms with van der Waals surface area (Å²) in [5.74, 6) is -0.821. The van der Waals surface area contributed by atoms with E-state index in [2.05, 4.69) is 6.92 Å². The summed E-state index contributed by atoms with van der Waals surface area (Å²) in [6, 6.07) is 0. The Morgan fingerprint density at radius 1 is 1.38 bits per heavy atom. The molecule has 1 radical (unpaired) electrons. The second-order valence-electron chi connectivity index (χ2n) is 3.84. The summed E-state index contributed by atoms with van der Waals surface area (Å²) in [6.45, 7) is 8.44. The molecule has 0 heterocycles. The molecular formula is C9H16NO3. The van der Waals surface area contributed by atoms with Gasteiger partial charge in [0.05, 0.1) is 0 Å². The number of carbonyl (C=O) groups excluding carboxylic acids is 2. The molecule has 75 valence electrons. The van der Waals surface area contributed by atoms with Crippen molar-refractivity contribution in [1.29, 1.82) is 0 Å². The fourth-order valence-electron chi connectivity index (χ4n) is 0.656. The van der Waals surface area contributed by atoms with Gasteiger partial charge in [-0.25, -0.2) is 0 Å². The number of ether oxygens (including phenoxy) is 1. The minimum absolute atomic E-state index is 0.0559. The van der Waals surface area contributed by atoms with Crippen LogP contribution in [0.4, 0.5) is 0 Å². The summed E-state index contributed by atoms with van der Waals surface area (Å²) in [6.07, 6.45) is 0. The van der Waals surface area contributed by atoms with Crippen LogP contribution >= 0.6 is 0 Å². The largest absolute Gasteiger partial charge is 0.459 e. The minimum Gasteiger partial charge on any atom is -0.459 e. The van der Waals surface area contributed by atoms with E-state index < -0.39 is 17.5 Å². The van der Waals surface area contributed by atoms with E-state index in [0.717, 1.165) is 0 Å². The van der Waals surface area contributed by atoms with Crippen LogP contribution in [0.25, 0.3) is 0 Å². The van der Waals surface area contributed by atoms with Gasteiger partial charge in [0.25, 0.3) is 0 Å². The van der Waals surface area contributed by atoms with Crippen LogP contribution in [-0.2, 0) is 14.3 Å². The van der Waals surface area contributed by atoms with E-state index in [1.54, 1.807) is 20.8 Å². The maximum atomic E-state index is 11.1. The smallest absolute Gasteiger partial charge is 0.326 e. The van der Waals surface area contributed by atoms with Crippen LogP contribution in [0.15, 0.2) is 0 Å². The van der Waals surface area contributed by atoms with Crippen molar-refractivity contribution in [3.8, 4) is 0 Å². The maximum Gasteiger partial charge on any atom is 0.326 e. The monoisotopic (exact) mass is 186 g/mol. The van der Waals surface area contributed by atoms with Crippen LogP contribution in [0.3, 0.4) is 0 Å². The average molecular weight is 186 g/mol. The number of amides is 1. The zero-order valence-electron chi connectivity index (χ0n) is 8.59. The van der Waals surface area contributed by atoms with Crippen LogP contribution in [0.1, 0.15) is 20.8 Å². The SMILES string of the molecule is [CH2]C(=O)N(C)CC(=O)OC(C)(C)C. The quantitative estimate of drug-likeness (QED) is 0.594. The molecule has 0 aliphatic rings. The number of rotatable bonds is 2. The normalized spacial score (nSPS) is 10.8. The average Bonchev–Trinajstić information content (AvgIpc) is 1.81. The molecule has 13 heavy (non-hydrogen) atoms. The van der Waals surface area contributed by atoms with Gasteiger partial charge in [0, 0.05) is 14.0 Å². The molecule has 0 saturated heterocycles. The highest BCUT2D eigenvalue weighted by Gasteiger charge is 2.18. The molecule has 0 atom stereocenters. The zero-order valence-corrected chi connectivity index (χ0v) is 8.59. The van der Waals surface area contributed by atoms with Crippen LogP contribution < -0.4 is 0 Å². The molecule has 1 amide bonds. The highest BCUT2D eigenvalue weighted by molar-refractivity contribution is 5.84. The van der Waals surface area contributed by atoms with Gasteiger partial charge in [0.2, 0.25) is 5.91 Å². The first-order valence-corrected chi connectivity index (χ1v) is 4.01. The van der Waals surface area contributed by atoms with Gasteiger partial charge in [0.1, 0.15) is 12.1 Å². The van der Waals surface area contributed by atoms with Crippen LogP contribution in [0.5, 0.6) is 0 Å². The highest BCUT2D eigenvalue weighted by Crippen LogP contribution is 2.06. The van der Waals surface area contributed by atoms with E-state index in [-0.39, 0.29) is 6.54 Å². The summed E-state index contributed by atoms with van der Waals surface area (Å²) in [7, 11) is 1.50. The third kappa shape index (κ3) is 6.13. The lowest BCUT2D eigenvalue weighted by Gasteiger charge is -2.21. The van der Waals surface area contributed by atoms with Crippen LogP contribution in [0.2, 0.25) is 0 Å². The minimum atomic E-state index is -0.512. The molecule has 0 saturated carbocycles. The van der Waals surface area contributed by atoms with Crippen molar-refractivity contribution in [3.63, 3.8) is 0 Å². The molecule has 0 rings (SSSR count). The van der Waals surface area contributed by atoms with E-state index >= 15 is 0 Å². The third-order valence-electron chi connectivity index (χ3n) is 1.21. The van der Waals surface area contributed by atoms with Gasteiger partial charge < -0.3 is 9.64 Å². The van der Waals surface area contributed by atoms with Crippen LogP contribution in [0, 0.1) is 6.92 Å². The van der Waals surface area contributed by atoms with Gasteiger partial charge in [-0.05, 0) is 20.8 Å². The van der Waals surface area contributed by atoms with E-state index in [1.165, 1.54) is 11.9 Å². The Kier molecular flexibility index (Phi) is 3.91. The summed E-state index contributed by atoms with van der Waals surface area (Å²) < 4.78 is 5.00. The second kappa shape index (κ2) is 4.25. The standard InChI is InChI=1S/C9H16NO3/c1-7(11)10(5)6-8(12)13-9(2,3)4/h1,6H2,2-5H3. The fourth-order valence-corrected chi connectivity index (χ4v) is 0.656. The molecule has 0 aromatic carbocycles. The van der Waals surface area contributed by atoms with Crippen molar-refractivity contribution in [3.05, 3.63) is 6.92 Å². The predicted molar refractivity (Wildman–Crippen MR) is 48.8 cm³/mol. The Labute approximate surface area is 78.9 Å². The van der Waals surface area contributed by atoms with E-state index in [4.69, 9.17) is 4.74 Å². The molecule has 0 aliphatic heterocycles. The molecule has 0 spiro atoms. The van der Waals surface area contributed by atoms with Crippen molar-refractivity contribution in [2.45, 2.75) is 26.4 Å². The Balaban J connectivity index is 3.96. The summed E-state index contributed by atoms with van der Waals surface area (Å²) in [4.78, 5) is 23.0. The fraction of sp³-hybridized carbons (Fsp3) is 0.667. The number of nitrogens with zero attached hydrogens (tertiary/aromatic N) is 1. The predicted octanol–water partition coefficient (Wildman–Crippen LogP) is 0.621. The zero-order chi connectivity index (χ0) is 10.6. The Bertz CT molecular complexity index is 205. The Morgan fingerprint density at radius 2 is 1.85 bits per heavy atom. The molecule has 0 unspecified atom stereocenters. The van der Waals surface area contributed by atoms with Gasteiger partial charge >= 0.3 is 5.97 Å². The van der Waals surface area contributed by atoms with Gasteiger partial charge in [-0.15, -0.1) is 0 Å². The lowest BCUT2D eigenvalue weighted by atomic mass is 10.2. The molecule has 0 N–H and O–H groups in total. The summed E-state index contributed by atoms with van der Waals surface area (Å²) in [5, 5.41) is 0. The Hall–Kier alpha value is -1.06. The van der Waals surface area contributed by atoms with Gasteiger partial charge in [-0.3, -0.25) is 9.59 Å². The number of esters is 1. The first-order valence-electron chi connectivity index (χ1n) is 4.01. The van der Waals surface area contributed by atoms with Gasteiger partial charge in [0.15, 0.2) is 0 Å². The Morgan fingerprint density at radius 3 is 2.15 bits per heavy atom. The molecule has 0 aromatic rings. The van der Waals surface area contributed by atoms with Crippen molar-refractivity contribution in [1.82, 2.24) is 4.90 Å². The third-order valence-corrected chi connectivity index (χ3v) is 1.21. The van der Waals surface area contributed by atoms with Crippen molar-refractivity contribution < 1.29 is 14.3 Å². The molecule has 0 aromatic heterocycles.